The van der Waals surface area contributed by atoms with E-state index in [-0.39, 0.29) is 5.91 Å². The van der Waals surface area contributed by atoms with Crippen LogP contribution in [0, 0.1) is 20.8 Å². The molecule has 0 aliphatic rings. The van der Waals surface area contributed by atoms with Crippen molar-refractivity contribution in [2.45, 2.75) is 27.3 Å². The predicted molar refractivity (Wildman–Crippen MR) is 127 cm³/mol. The summed E-state index contributed by atoms with van der Waals surface area (Å²) in [5, 5.41) is 7.85. The van der Waals surface area contributed by atoms with Crippen LogP contribution >= 0.6 is 34.3 Å². The summed E-state index contributed by atoms with van der Waals surface area (Å²) in [7, 11) is 0. The maximum Gasteiger partial charge on any atom is 0.252 e. The normalized spacial score (nSPS) is 11.6. The van der Waals surface area contributed by atoms with Gasteiger partial charge < -0.3 is 0 Å². The van der Waals surface area contributed by atoms with Crippen LogP contribution in [0.4, 0.5) is 5.13 Å². The zero-order chi connectivity index (χ0) is 21.3. The van der Waals surface area contributed by atoms with Crippen molar-refractivity contribution in [3.8, 4) is 0 Å². The SMILES string of the molecule is Cc1cc(C)n(CCN(C(=O)C=Cc2cccs2)c2nc3c(C)cc(Cl)cc3s2)n1. The highest BCUT2D eigenvalue weighted by molar-refractivity contribution is 7.22. The minimum atomic E-state index is -0.104. The Bertz CT molecular complexity index is 1220. The van der Waals surface area contributed by atoms with E-state index in [4.69, 9.17) is 16.6 Å². The lowest BCUT2D eigenvalue weighted by Crippen LogP contribution is -2.33. The monoisotopic (exact) mass is 456 g/mol. The van der Waals surface area contributed by atoms with Crippen LogP contribution in [0.3, 0.4) is 0 Å². The van der Waals surface area contributed by atoms with Gasteiger partial charge in [-0.25, -0.2) is 4.98 Å². The molecule has 0 aliphatic carbocycles. The molecule has 4 aromatic rings. The first kappa shape index (κ1) is 20.8. The first-order chi connectivity index (χ1) is 14.4. The van der Waals surface area contributed by atoms with Crippen molar-refractivity contribution in [2.75, 3.05) is 11.4 Å². The van der Waals surface area contributed by atoms with Gasteiger partial charge in [-0.15, -0.1) is 11.3 Å². The lowest BCUT2D eigenvalue weighted by Gasteiger charge is -2.18. The smallest absolute Gasteiger partial charge is 0.252 e. The zero-order valence-electron chi connectivity index (χ0n) is 16.9. The number of benzene rings is 1. The van der Waals surface area contributed by atoms with Gasteiger partial charge in [0.15, 0.2) is 5.13 Å². The highest BCUT2D eigenvalue weighted by Crippen LogP contribution is 2.33. The lowest BCUT2D eigenvalue weighted by atomic mass is 10.2. The molecule has 0 fully saturated rings. The van der Waals surface area contributed by atoms with Crippen molar-refractivity contribution in [3.63, 3.8) is 0 Å². The summed E-state index contributed by atoms with van der Waals surface area (Å²) in [6.45, 7) is 7.04. The quantitative estimate of drug-likeness (QED) is 0.340. The summed E-state index contributed by atoms with van der Waals surface area (Å²) in [6.07, 6.45) is 3.46. The van der Waals surface area contributed by atoms with E-state index in [1.807, 2.05) is 67.2 Å². The molecule has 0 unspecified atom stereocenters. The summed E-state index contributed by atoms with van der Waals surface area (Å²) in [6, 6.07) is 9.78. The molecule has 1 aromatic carbocycles. The summed E-state index contributed by atoms with van der Waals surface area (Å²) in [5.74, 6) is -0.104. The van der Waals surface area contributed by atoms with Crippen LogP contribution in [0.5, 0.6) is 0 Å². The number of nitrogens with zero attached hydrogens (tertiary/aromatic N) is 4. The number of fused-ring (bicyclic) bond motifs is 1. The number of aromatic nitrogens is 3. The number of amides is 1. The Balaban J connectivity index is 1.66. The van der Waals surface area contributed by atoms with E-state index < -0.39 is 0 Å². The highest BCUT2D eigenvalue weighted by atomic mass is 35.5. The number of anilines is 1. The standard InChI is InChI=1S/C22H21ClN4OS2/c1-14-11-17(23)13-19-21(14)24-22(30-19)26(8-9-27-16(3)12-15(2)25-27)20(28)7-6-18-5-4-10-29-18/h4-7,10-13H,8-9H2,1-3H3. The van der Waals surface area contributed by atoms with E-state index in [9.17, 15) is 4.79 Å². The molecule has 0 radical (unpaired) electrons. The van der Waals surface area contributed by atoms with Crippen molar-refractivity contribution in [3.05, 3.63) is 68.6 Å². The van der Waals surface area contributed by atoms with Crippen LogP contribution in [0.25, 0.3) is 16.3 Å². The number of thiophene rings is 1. The van der Waals surface area contributed by atoms with Crippen LogP contribution in [-0.4, -0.2) is 27.2 Å². The molecule has 4 rings (SSSR count). The van der Waals surface area contributed by atoms with Gasteiger partial charge in [0.05, 0.1) is 22.5 Å². The molecular formula is C22H21ClN4OS2. The number of carbonyl (C=O) groups excluding carboxylic acids is 1. The molecule has 8 heteroatoms. The highest BCUT2D eigenvalue weighted by Gasteiger charge is 2.19. The van der Waals surface area contributed by atoms with Crippen LogP contribution in [-0.2, 0) is 11.3 Å². The number of thiazole rings is 1. The van der Waals surface area contributed by atoms with Gasteiger partial charge in [0, 0.05) is 28.2 Å². The molecule has 0 saturated heterocycles. The van der Waals surface area contributed by atoms with Gasteiger partial charge in [0.2, 0.25) is 0 Å². The Labute approximate surface area is 188 Å². The Morgan fingerprint density at radius 2 is 2.10 bits per heavy atom. The second kappa shape index (κ2) is 8.71. The zero-order valence-corrected chi connectivity index (χ0v) is 19.3. The minimum Gasteiger partial charge on any atom is -0.283 e. The van der Waals surface area contributed by atoms with E-state index in [1.54, 1.807) is 22.3 Å². The maximum absolute atomic E-state index is 13.1. The molecule has 3 aromatic heterocycles. The third-order valence-corrected chi connectivity index (χ3v) is 6.79. The van der Waals surface area contributed by atoms with E-state index in [1.165, 1.54) is 11.3 Å². The molecule has 154 valence electrons. The Morgan fingerprint density at radius 1 is 1.27 bits per heavy atom. The summed E-state index contributed by atoms with van der Waals surface area (Å²) >= 11 is 9.29. The van der Waals surface area contributed by atoms with Crippen molar-refractivity contribution < 1.29 is 4.79 Å². The second-order valence-electron chi connectivity index (χ2n) is 7.05. The summed E-state index contributed by atoms with van der Waals surface area (Å²) in [5.41, 5.74) is 3.92. The third kappa shape index (κ3) is 4.48. The second-order valence-corrected chi connectivity index (χ2v) is 9.48. The van der Waals surface area contributed by atoms with E-state index in [0.717, 1.165) is 32.0 Å². The molecule has 0 bridgehead atoms. The van der Waals surface area contributed by atoms with Gasteiger partial charge in [-0.1, -0.05) is 29.0 Å². The molecule has 0 saturated carbocycles. The number of hydrogen-bond acceptors (Lipinski definition) is 5. The summed E-state index contributed by atoms with van der Waals surface area (Å²) in [4.78, 5) is 20.7. The molecule has 1 amide bonds. The largest absolute Gasteiger partial charge is 0.283 e. The average Bonchev–Trinajstić information content (AvgIpc) is 3.41. The Kier molecular flexibility index (Phi) is 6.04. The van der Waals surface area contributed by atoms with Crippen LogP contribution in [0.15, 0.2) is 41.8 Å². The van der Waals surface area contributed by atoms with Gasteiger partial charge in [-0.2, -0.15) is 5.10 Å². The third-order valence-electron chi connectivity index (χ3n) is 4.71. The van der Waals surface area contributed by atoms with Crippen LogP contribution in [0.2, 0.25) is 5.02 Å². The minimum absolute atomic E-state index is 0.104. The molecule has 0 aliphatic heterocycles. The van der Waals surface area contributed by atoms with Crippen LogP contribution in [0.1, 0.15) is 21.8 Å². The average molecular weight is 457 g/mol. The molecule has 0 N–H and O–H groups in total. The first-order valence-electron chi connectivity index (χ1n) is 9.51. The lowest BCUT2D eigenvalue weighted by molar-refractivity contribution is -0.114. The Morgan fingerprint density at radius 3 is 2.80 bits per heavy atom. The number of hydrogen-bond donors (Lipinski definition) is 0. The Hall–Kier alpha value is -2.48. The molecule has 5 nitrogen and oxygen atoms in total. The maximum atomic E-state index is 13.1. The van der Waals surface area contributed by atoms with E-state index in [0.29, 0.717) is 23.2 Å². The number of halogens is 1. The van der Waals surface area contributed by atoms with Crippen molar-refractivity contribution in [2.24, 2.45) is 0 Å². The van der Waals surface area contributed by atoms with Gasteiger partial charge in [-0.3, -0.25) is 14.4 Å². The van der Waals surface area contributed by atoms with Gasteiger partial charge >= 0.3 is 0 Å². The topological polar surface area (TPSA) is 51.0 Å². The van der Waals surface area contributed by atoms with Gasteiger partial charge in [0.25, 0.3) is 5.91 Å². The van der Waals surface area contributed by atoms with E-state index >= 15 is 0 Å². The first-order valence-corrected chi connectivity index (χ1v) is 11.6. The van der Waals surface area contributed by atoms with E-state index in [2.05, 4.69) is 5.10 Å². The fourth-order valence-corrected chi connectivity index (χ4v) is 5.35. The summed E-state index contributed by atoms with van der Waals surface area (Å²) < 4.78 is 2.90. The molecule has 0 atom stereocenters. The van der Waals surface area contributed by atoms with Crippen molar-refractivity contribution in [1.29, 1.82) is 0 Å². The predicted octanol–water partition coefficient (Wildman–Crippen LogP) is 5.88. The van der Waals surface area contributed by atoms with Crippen LogP contribution < -0.4 is 4.90 Å². The van der Waals surface area contributed by atoms with Crippen molar-refractivity contribution in [1.82, 2.24) is 14.8 Å². The molecule has 0 spiro atoms. The molecule has 3 heterocycles. The van der Waals surface area contributed by atoms with Gasteiger partial charge in [-0.05, 0) is 62.1 Å². The number of carbonyl (C=O) groups is 1. The molecular weight excluding hydrogens is 436 g/mol. The fraction of sp³-hybridized carbons (Fsp3) is 0.227. The molecule has 30 heavy (non-hydrogen) atoms. The van der Waals surface area contributed by atoms with Crippen molar-refractivity contribution >= 4 is 61.6 Å². The number of rotatable bonds is 6. The number of aryl methyl sites for hydroxylation is 3. The van der Waals surface area contributed by atoms with Gasteiger partial charge in [0.1, 0.15) is 0 Å². The fourth-order valence-electron chi connectivity index (χ4n) is 3.28.